The van der Waals surface area contributed by atoms with E-state index in [-0.39, 0.29) is 18.7 Å². The van der Waals surface area contributed by atoms with Crippen LogP contribution in [0.15, 0.2) is 29.3 Å². The molecule has 0 radical (unpaired) electrons. The Morgan fingerprint density at radius 2 is 2.07 bits per heavy atom. The fourth-order valence-corrected chi connectivity index (χ4v) is 4.39. The van der Waals surface area contributed by atoms with Crippen molar-refractivity contribution in [3.63, 3.8) is 0 Å². The van der Waals surface area contributed by atoms with E-state index in [0.29, 0.717) is 32.9 Å². The number of hydrogen-bond acceptors (Lipinski definition) is 6. The zero-order chi connectivity index (χ0) is 21.1. The summed E-state index contributed by atoms with van der Waals surface area (Å²) in [5.74, 6) is -0.901. The highest BCUT2D eigenvalue weighted by Crippen LogP contribution is 2.34. The molecule has 7 nitrogen and oxygen atoms in total. The summed E-state index contributed by atoms with van der Waals surface area (Å²) in [5, 5.41) is 4.03. The molecule has 0 saturated heterocycles. The lowest BCUT2D eigenvalue weighted by Gasteiger charge is -2.09. The lowest BCUT2D eigenvalue weighted by molar-refractivity contribution is -0.116. The number of thiophene rings is 1. The summed E-state index contributed by atoms with van der Waals surface area (Å²) in [7, 11) is 0. The molecule has 1 N–H and O–H groups in total. The van der Waals surface area contributed by atoms with E-state index in [1.807, 2.05) is 13.8 Å². The Morgan fingerprint density at radius 3 is 2.76 bits per heavy atom. The van der Waals surface area contributed by atoms with E-state index < -0.39 is 11.9 Å². The standard InChI is InChI=1S/C20H20ClN3O4S/c1-4-13-11(3)29-18(17(13)20(27)28-5-2)23-16(25)9-24-10-22-15-8-12(21)6-7-14(15)19(24)26/h6-8,10H,4-5,9H2,1-3H3,(H,23,25). The highest BCUT2D eigenvalue weighted by molar-refractivity contribution is 7.16. The van der Waals surface area contributed by atoms with Gasteiger partial charge in [0, 0.05) is 9.90 Å². The van der Waals surface area contributed by atoms with Crippen LogP contribution in [0.25, 0.3) is 10.9 Å². The van der Waals surface area contributed by atoms with Crippen molar-refractivity contribution in [2.45, 2.75) is 33.7 Å². The smallest absolute Gasteiger partial charge is 0.341 e. The molecule has 0 saturated carbocycles. The van der Waals surface area contributed by atoms with E-state index in [1.165, 1.54) is 22.2 Å². The van der Waals surface area contributed by atoms with Crippen molar-refractivity contribution in [3.8, 4) is 0 Å². The van der Waals surface area contributed by atoms with E-state index in [0.717, 1.165) is 10.4 Å². The van der Waals surface area contributed by atoms with Gasteiger partial charge in [-0.2, -0.15) is 0 Å². The molecule has 0 spiro atoms. The van der Waals surface area contributed by atoms with Gasteiger partial charge in [-0.15, -0.1) is 11.3 Å². The molecule has 1 aromatic carbocycles. The third-order valence-corrected chi connectivity index (χ3v) is 5.69. The number of nitrogens with zero attached hydrogens (tertiary/aromatic N) is 2. The monoisotopic (exact) mass is 433 g/mol. The Labute approximate surface area is 176 Å². The van der Waals surface area contributed by atoms with Crippen LogP contribution in [0.2, 0.25) is 5.02 Å². The number of esters is 1. The molecular formula is C20H20ClN3O4S. The number of halogens is 1. The van der Waals surface area contributed by atoms with Crippen molar-refractivity contribution < 1.29 is 14.3 Å². The molecule has 152 valence electrons. The summed E-state index contributed by atoms with van der Waals surface area (Å²) >= 11 is 7.24. The van der Waals surface area contributed by atoms with Gasteiger partial charge in [-0.3, -0.25) is 14.2 Å². The SMILES string of the molecule is CCOC(=O)c1c(NC(=O)Cn2cnc3cc(Cl)ccc3c2=O)sc(C)c1CC. The number of anilines is 1. The second-order valence-corrected chi connectivity index (χ2v) is 7.96. The number of carbonyl (C=O) groups is 2. The molecule has 9 heteroatoms. The van der Waals surface area contributed by atoms with Crippen LogP contribution in [0.1, 0.15) is 34.6 Å². The van der Waals surface area contributed by atoms with Crippen molar-refractivity contribution >= 4 is 50.7 Å². The summed E-state index contributed by atoms with van der Waals surface area (Å²) < 4.78 is 6.36. The number of fused-ring (bicyclic) bond motifs is 1. The van der Waals surface area contributed by atoms with Crippen molar-refractivity contribution in [1.29, 1.82) is 0 Å². The summed E-state index contributed by atoms with van der Waals surface area (Å²) in [6.45, 7) is 5.57. The Hall–Kier alpha value is -2.71. The molecule has 1 amide bonds. The third-order valence-electron chi connectivity index (χ3n) is 4.40. The molecule has 0 aliphatic heterocycles. The molecule has 3 rings (SSSR count). The van der Waals surface area contributed by atoms with E-state index in [9.17, 15) is 14.4 Å². The Morgan fingerprint density at radius 1 is 1.31 bits per heavy atom. The topological polar surface area (TPSA) is 90.3 Å². The molecule has 0 fully saturated rings. The van der Waals surface area contributed by atoms with Gasteiger partial charge >= 0.3 is 5.97 Å². The van der Waals surface area contributed by atoms with Gasteiger partial charge in [0.1, 0.15) is 11.5 Å². The first-order valence-electron chi connectivity index (χ1n) is 9.09. The fourth-order valence-electron chi connectivity index (χ4n) is 3.08. The molecule has 0 aliphatic rings. The minimum absolute atomic E-state index is 0.231. The van der Waals surface area contributed by atoms with Gasteiger partial charge in [0.05, 0.1) is 29.4 Å². The van der Waals surface area contributed by atoms with Gasteiger partial charge in [-0.05, 0) is 44.0 Å². The van der Waals surface area contributed by atoms with Crippen molar-refractivity contribution in [2.24, 2.45) is 0 Å². The third kappa shape index (κ3) is 4.33. The molecule has 0 unspecified atom stereocenters. The van der Waals surface area contributed by atoms with Crippen molar-refractivity contribution in [3.05, 3.63) is 55.9 Å². The molecule has 2 aromatic heterocycles. The van der Waals surface area contributed by atoms with Crippen molar-refractivity contribution in [2.75, 3.05) is 11.9 Å². The van der Waals surface area contributed by atoms with Crippen LogP contribution in [-0.2, 0) is 22.5 Å². The molecule has 29 heavy (non-hydrogen) atoms. The van der Waals surface area contributed by atoms with E-state index >= 15 is 0 Å². The highest BCUT2D eigenvalue weighted by Gasteiger charge is 2.23. The largest absolute Gasteiger partial charge is 0.462 e. The molecule has 3 aromatic rings. The van der Waals surface area contributed by atoms with Crippen LogP contribution in [0, 0.1) is 6.92 Å². The van der Waals surface area contributed by atoms with Crippen LogP contribution in [-0.4, -0.2) is 28.0 Å². The fraction of sp³-hybridized carbons (Fsp3) is 0.300. The van der Waals surface area contributed by atoms with E-state index in [1.54, 1.807) is 25.1 Å². The van der Waals surface area contributed by atoms with Gasteiger partial charge in [0.2, 0.25) is 5.91 Å². The maximum Gasteiger partial charge on any atom is 0.341 e. The predicted octanol–water partition coefficient (Wildman–Crippen LogP) is 3.80. The summed E-state index contributed by atoms with van der Waals surface area (Å²) in [4.78, 5) is 42.7. The zero-order valence-corrected chi connectivity index (χ0v) is 17.8. The lowest BCUT2D eigenvalue weighted by Crippen LogP contribution is -2.28. The molecule has 0 atom stereocenters. The number of aryl methyl sites for hydroxylation is 1. The Balaban J connectivity index is 1.87. The van der Waals surface area contributed by atoms with Crippen LogP contribution in [0.4, 0.5) is 5.00 Å². The second kappa shape index (κ2) is 8.75. The number of ether oxygens (including phenoxy) is 1. The first-order chi connectivity index (χ1) is 13.8. The number of benzene rings is 1. The lowest BCUT2D eigenvalue weighted by atomic mass is 10.1. The normalized spacial score (nSPS) is 10.9. The quantitative estimate of drug-likeness (QED) is 0.597. The maximum absolute atomic E-state index is 12.6. The van der Waals surface area contributed by atoms with Gasteiger partial charge in [-0.25, -0.2) is 9.78 Å². The van der Waals surface area contributed by atoms with Crippen LogP contribution < -0.4 is 10.9 Å². The van der Waals surface area contributed by atoms with Gasteiger partial charge in [-0.1, -0.05) is 18.5 Å². The second-order valence-electron chi connectivity index (χ2n) is 6.30. The molecular weight excluding hydrogens is 414 g/mol. The van der Waals surface area contributed by atoms with Gasteiger partial charge in [0.25, 0.3) is 5.56 Å². The first-order valence-corrected chi connectivity index (χ1v) is 10.3. The average Bonchev–Trinajstić information content (AvgIpc) is 2.99. The Kier molecular flexibility index (Phi) is 6.34. The zero-order valence-electron chi connectivity index (χ0n) is 16.2. The molecule has 0 bridgehead atoms. The van der Waals surface area contributed by atoms with Crippen LogP contribution >= 0.6 is 22.9 Å². The van der Waals surface area contributed by atoms with Gasteiger partial charge < -0.3 is 10.1 Å². The number of amides is 1. The minimum atomic E-state index is -0.467. The van der Waals surface area contributed by atoms with Crippen LogP contribution in [0.5, 0.6) is 0 Å². The minimum Gasteiger partial charge on any atom is -0.462 e. The van der Waals surface area contributed by atoms with Gasteiger partial charge in [0.15, 0.2) is 0 Å². The van der Waals surface area contributed by atoms with Crippen LogP contribution in [0.3, 0.4) is 0 Å². The predicted molar refractivity (Wildman–Crippen MR) is 114 cm³/mol. The summed E-state index contributed by atoms with van der Waals surface area (Å²) in [5.41, 5.74) is 1.35. The Bertz CT molecular complexity index is 1150. The number of hydrogen-bond donors (Lipinski definition) is 1. The molecule has 0 aliphatic carbocycles. The number of rotatable bonds is 6. The molecule has 2 heterocycles. The highest BCUT2D eigenvalue weighted by atomic mass is 35.5. The average molecular weight is 434 g/mol. The van der Waals surface area contributed by atoms with E-state index in [2.05, 4.69) is 10.3 Å². The number of aromatic nitrogens is 2. The summed E-state index contributed by atoms with van der Waals surface area (Å²) in [6, 6.07) is 4.77. The van der Waals surface area contributed by atoms with E-state index in [4.69, 9.17) is 16.3 Å². The summed E-state index contributed by atoms with van der Waals surface area (Å²) in [6.07, 6.45) is 1.95. The first kappa shape index (κ1) is 21.0. The maximum atomic E-state index is 12.6. The number of nitrogens with one attached hydrogen (secondary N) is 1. The van der Waals surface area contributed by atoms with Crippen molar-refractivity contribution in [1.82, 2.24) is 9.55 Å². The number of carbonyl (C=O) groups excluding carboxylic acids is 2.